The fourth-order valence-corrected chi connectivity index (χ4v) is 4.63. The van der Waals surface area contributed by atoms with Crippen LogP contribution in [-0.2, 0) is 6.42 Å². The van der Waals surface area contributed by atoms with E-state index in [-0.39, 0.29) is 11.9 Å². The van der Waals surface area contributed by atoms with Gasteiger partial charge in [-0.2, -0.15) is 4.98 Å². The highest BCUT2D eigenvalue weighted by Gasteiger charge is 2.34. The maximum Gasteiger partial charge on any atom is 0.258 e. The topological polar surface area (TPSA) is 54.2 Å². The Balaban J connectivity index is 1.63. The molecule has 3 aromatic carbocycles. The van der Waals surface area contributed by atoms with Gasteiger partial charge in [0, 0.05) is 16.9 Å². The largest absolute Gasteiger partial charge is 0.351 e. The quantitative estimate of drug-likeness (QED) is 0.322. The van der Waals surface area contributed by atoms with Gasteiger partial charge in [0.15, 0.2) is 5.11 Å². The molecule has 176 valence electrons. The maximum atomic E-state index is 13.6. The predicted octanol–water partition coefficient (Wildman–Crippen LogP) is 6.61. The highest BCUT2D eigenvalue weighted by molar-refractivity contribution is 7.80. The van der Waals surface area contributed by atoms with Crippen LogP contribution >= 0.6 is 12.2 Å². The molecule has 35 heavy (non-hydrogen) atoms. The maximum absolute atomic E-state index is 13.6. The van der Waals surface area contributed by atoms with E-state index in [4.69, 9.17) is 21.7 Å². The monoisotopic (exact) mass is 484 g/mol. The Morgan fingerprint density at radius 3 is 2.31 bits per heavy atom. The van der Waals surface area contributed by atoms with Crippen LogP contribution in [0.5, 0.6) is 0 Å². The Kier molecular flexibility index (Phi) is 6.17. The molecule has 7 heteroatoms. The van der Waals surface area contributed by atoms with E-state index in [0.717, 1.165) is 40.1 Å². The van der Waals surface area contributed by atoms with E-state index in [2.05, 4.69) is 41.7 Å². The molecule has 0 radical (unpaired) electrons. The Morgan fingerprint density at radius 2 is 1.66 bits per heavy atom. The zero-order valence-corrected chi connectivity index (χ0v) is 20.6. The average molecular weight is 485 g/mol. The first-order valence-corrected chi connectivity index (χ1v) is 11.9. The van der Waals surface area contributed by atoms with E-state index < -0.39 is 0 Å². The second kappa shape index (κ2) is 9.43. The molecule has 1 atom stereocenters. The Hall–Kier alpha value is -3.84. The molecule has 4 aromatic rings. The summed E-state index contributed by atoms with van der Waals surface area (Å²) < 4.78 is 19.4. The average Bonchev–Trinajstić information content (AvgIpc) is 3.35. The number of allylic oxidation sites excluding steroid dienone is 1. The normalized spacial score (nSPS) is 15.9. The van der Waals surface area contributed by atoms with Gasteiger partial charge in [-0.25, -0.2) is 4.39 Å². The SMILES string of the molecule is CCc1ccc(C2NC(=S)N(c3ccc(F)cc3)C(C)=C2c2nc(-c3ccc(C)cc3)no2)cc1. The van der Waals surface area contributed by atoms with Crippen LogP contribution in [0.15, 0.2) is 83.0 Å². The van der Waals surface area contributed by atoms with Gasteiger partial charge in [-0.15, -0.1) is 0 Å². The lowest BCUT2D eigenvalue weighted by atomic mass is 9.93. The molecule has 0 saturated carbocycles. The van der Waals surface area contributed by atoms with Gasteiger partial charge >= 0.3 is 0 Å². The van der Waals surface area contributed by atoms with Gasteiger partial charge < -0.3 is 9.84 Å². The lowest BCUT2D eigenvalue weighted by molar-refractivity contribution is 0.404. The molecule has 0 saturated heterocycles. The molecule has 1 N–H and O–H groups in total. The van der Waals surface area contributed by atoms with Crippen LogP contribution in [0.25, 0.3) is 17.0 Å². The van der Waals surface area contributed by atoms with Crippen molar-refractivity contribution in [3.05, 3.63) is 107 Å². The number of hydrogen-bond donors (Lipinski definition) is 1. The summed E-state index contributed by atoms with van der Waals surface area (Å²) in [5.74, 6) is 0.617. The summed E-state index contributed by atoms with van der Waals surface area (Å²) in [5.41, 5.74) is 6.72. The molecule has 0 aliphatic carbocycles. The zero-order valence-electron chi connectivity index (χ0n) is 19.7. The molecule has 0 bridgehead atoms. The third-order valence-electron chi connectivity index (χ3n) is 6.26. The second-order valence-electron chi connectivity index (χ2n) is 8.58. The number of halogens is 1. The van der Waals surface area contributed by atoms with Gasteiger partial charge in [-0.05, 0) is 67.9 Å². The lowest BCUT2D eigenvalue weighted by Crippen LogP contribution is -2.46. The third kappa shape index (κ3) is 4.47. The summed E-state index contributed by atoms with van der Waals surface area (Å²) in [7, 11) is 0. The minimum Gasteiger partial charge on any atom is -0.351 e. The Morgan fingerprint density at radius 1 is 0.971 bits per heavy atom. The molecular formula is C28H25FN4OS. The lowest BCUT2D eigenvalue weighted by Gasteiger charge is -2.37. The van der Waals surface area contributed by atoms with Crippen LogP contribution in [-0.4, -0.2) is 15.3 Å². The minimum absolute atomic E-state index is 0.281. The first kappa shape index (κ1) is 22.9. The van der Waals surface area contributed by atoms with Crippen molar-refractivity contribution in [2.45, 2.75) is 33.2 Å². The molecule has 1 aromatic heterocycles. The number of rotatable bonds is 5. The fourth-order valence-electron chi connectivity index (χ4n) is 4.27. The highest BCUT2D eigenvalue weighted by Crippen LogP contribution is 2.39. The zero-order chi connectivity index (χ0) is 24.5. The van der Waals surface area contributed by atoms with Crippen LogP contribution in [0.2, 0.25) is 0 Å². The Bertz CT molecular complexity index is 1390. The van der Waals surface area contributed by atoms with E-state index in [0.29, 0.717) is 16.8 Å². The molecule has 0 amide bonds. The van der Waals surface area contributed by atoms with Gasteiger partial charge in [0.1, 0.15) is 5.82 Å². The van der Waals surface area contributed by atoms with Gasteiger partial charge in [0.05, 0.1) is 11.6 Å². The van der Waals surface area contributed by atoms with Crippen molar-refractivity contribution >= 4 is 28.6 Å². The van der Waals surface area contributed by atoms with E-state index >= 15 is 0 Å². The Labute approximate surface area is 209 Å². The molecular weight excluding hydrogens is 459 g/mol. The molecule has 5 rings (SSSR count). The van der Waals surface area contributed by atoms with Crippen molar-refractivity contribution in [3.63, 3.8) is 0 Å². The summed E-state index contributed by atoms with van der Waals surface area (Å²) in [6.45, 7) is 6.13. The van der Waals surface area contributed by atoms with E-state index in [1.165, 1.54) is 17.7 Å². The molecule has 0 spiro atoms. The summed E-state index contributed by atoms with van der Waals surface area (Å²) in [6, 6.07) is 22.4. The van der Waals surface area contributed by atoms with Gasteiger partial charge in [0.2, 0.25) is 5.82 Å². The van der Waals surface area contributed by atoms with Crippen molar-refractivity contribution in [1.29, 1.82) is 0 Å². The van der Waals surface area contributed by atoms with Crippen LogP contribution in [0, 0.1) is 12.7 Å². The summed E-state index contributed by atoms with van der Waals surface area (Å²) in [4.78, 5) is 6.63. The van der Waals surface area contributed by atoms with Crippen molar-refractivity contribution in [2.24, 2.45) is 0 Å². The standard InChI is InChI=1S/C28H25FN4OS/c1-4-19-7-11-20(12-8-19)25-24(27-31-26(32-34-27)21-9-5-17(2)6-10-21)18(3)33(28(35)30-25)23-15-13-22(29)14-16-23/h5-16,25H,4H2,1-3H3,(H,30,35). The van der Waals surface area contributed by atoms with E-state index in [1.54, 1.807) is 12.1 Å². The first-order chi connectivity index (χ1) is 16.9. The number of benzene rings is 3. The fraction of sp³-hybridized carbons (Fsp3) is 0.179. The van der Waals surface area contributed by atoms with Crippen molar-refractivity contribution in [3.8, 4) is 11.4 Å². The summed E-state index contributed by atoms with van der Waals surface area (Å²) >= 11 is 5.76. The third-order valence-corrected chi connectivity index (χ3v) is 6.56. The molecule has 5 nitrogen and oxygen atoms in total. The van der Waals surface area contributed by atoms with Crippen molar-refractivity contribution < 1.29 is 8.91 Å². The van der Waals surface area contributed by atoms with Crippen molar-refractivity contribution in [1.82, 2.24) is 15.5 Å². The summed E-state index contributed by atoms with van der Waals surface area (Å²) in [6.07, 6.45) is 0.959. The number of anilines is 1. The van der Waals surface area contributed by atoms with Crippen LogP contribution in [0.3, 0.4) is 0 Å². The number of thiocarbonyl (C=S) groups is 1. The number of nitrogens with zero attached hydrogens (tertiary/aromatic N) is 3. The predicted molar refractivity (Wildman–Crippen MR) is 140 cm³/mol. The van der Waals surface area contributed by atoms with Gasteiger partial charge in [-0.1, -0.05) is 66.2 Å². The number of hydrogen-bond acceptors (Lipinski definition) is 4. The van der Waals surface area contributed by atoms with Crippen molar-refractivity contribution in [2.75, 3.05) is 4.90 Å². The molecule has 1 aliphatic rings. The summed E-state index contributed by atoms with van der Waals surface area (Å²) in [5, 5.41) is 8.22. The van der Waals surface area contributed by atoms with Crippen LogP contribution in [0.1, 0.15) is 42.5 Å². The molecule has 1 unspecified atom stereocenters. The first-order valence-electron chi connectivity index (χ1n) is 11.5. The van der Waals surface area contributed by atoms with Crippen LogP contribution in [0.4, 0.5) is 10.1 Å². The smallest absolute Gasteiger partial charge is 0.258 e. The van der Waals surface area contributed by atoms with Crippen LogP contribution < -0.4 is 10.2 Å². The molecule has 0 fully saturated rings. The molecule has 2 heterocycles. The highest BCUT2D eigenvalue weighted by atomic mass is 32.1. The van der Waals surface area contributed by atoms with E-state index in [1.807, 2.05) is 43.0 Å². The van der Waals surface area contributed by atoms with Gasteiger partial charge in [0.25, 0.3) is 5.89 Å². The second-order valence-corrected chi connectivity index (χ2v) is 8.96. The van der Waals surface area contributed by atoms with E-state index in [9.17, 15) is 4.39 Å². The minimum atomic E-state index is -0.306. The van der Waals surface area contributed by atoms with Gasteiger partial charge in [-0.3, -0.25) is 4.90 Å². The number of aryl methyl sites for hydroxylation is 2. The molecule has 1 aliphatic heterocycles. The number of aromatic nitrogens is 2. The number of nitrogens with one attached hydrogen (secondary N) is 1.